The van der Waals surface area contributed by atoms with Crippen LogP contribution >= 0.6 is 11.3 Å². The third-order valence-corrected chi connectivity index (χ3v) is 5.03. The molecule has 0 spiro atoms. The van der Waals surface area contributed by atoms with Crippen molar-refractivity contribution in [2.75, 3.05) is 20.8 Å². The molecule has 0 saturated heterocycles. The summed E-state index contributed by atoms with van der Waals surface area (Å²) in [6.45, 7) is 6.28. The molecule has 3 rings (SSSR count). The first-order chi connectivity index (χ1) is 14.4. The summed E-state index contributed by atoms with van der Waals surface area (Å²) >= 11 is 1.44. The van der Waals surface area contributed by atoms with Crippen LogP contribution in [0, 0.1) is 0 Å². The average molecular weight is 426 g/mol. The van der Waals surface area contributed by atoms with Crippen molar-refractivity contribution < 1.29 is 19.7 Å². The fourth-order valence-electron chi connectivity index (χ4n) is 2.68. The molecule has 0 aliphatic rings. The van der Waals surface area contributed by atoms with Gasteiger partial charge in [-0.15, -0.1) is 11.3 Å². The van der Waals surface area contributed by atoms with Crippen LogP contribution in [0.5, 0.6) is 23.0 Å². The minimum absolute atomic E-state index is 0.0198. The number of phenolic OH excluding ortho intramolecular Hbond substituents is 2. The molecule has 30 heavy (non-hydrogen) atoms. The molecule has 2 N–H and O–H groups in total. The number of thiazole rings is 1. The van der Waals surface area contributed by atoms with Crippen LogP contribution in [0.3, 0.4) is 0 Å². The molecule has 0 atom stereocenters. The zero-order valence-electron chi connectivity index (χ0n) is 17.0. The largest absolute Gasteiger partial charge is 0.508 e. The Morgan fingerprint density at radius 1 is 1.17 bits per heavy atom. The van der Waals surface area contributed by atoms with E-state index in [1.807, 2.05) is 24.4 Å². The zero-order valence-corrected chi connectivity index (χ0v) is 17.8. The van der Waals surface area contributed by atoms with Gasteiger partial charge in [0.2, 0.25) is 4.80 Å². The Morgan fingerprint density at radius 2 is 1.97 bits per heavy atom. The van der Waals surface area contributed by atoms with Gasteiger partial charge in [-0.1, -0.05) is 12.2 Å². The molecule has 0 fully saturated rings. The maximum atomic E-state index is 10.1. The summed E-state index contributed by atoms with van der Waals surface area (Å²) in [5.74, 6) is 1.23. The second-order valence-electron chi connectivity index (χ2n) is 6.54. The highest BCUT2D eigenvalue weighted by Gasteiger charge is 2.14. The SMILES string of the molecule is C=C(C)CN=c1scc(-c2ccc(OC)cc2OC)n1N=Cc1ccc(O)cc1O. The van der Waals surface area contributed by atoms with Crippen LogP contribution in [0.4, 0.5) is 0 Å². The van der Waals surface area contributed by atoms with E-state index in [-0.39, 0.29) is 11.5 Å². The van der Waals surface area contributed by atoms with Crippen molar-refractivity contribution in [2.24, 2.45) is 10.1 Å². The summed E-state index contributed by atoms with van der Waals surface area (Å²) < 4.78 is 12.5. The molecule has 0 unspecified atom stereocenters. The molecule has 1 aromatic heterocycles. The lowest BCUT2D eigenvalue weighted by Gasteiger charge is -2.11. The van der Waals surface area contributed by atoms with Gasteiger partial charge >= 0.3 is 0 Å². The Hall–Kier alpha value is -3.52. The maximum Gasteiger partial charge on any atom is 0.206 e. The summed E-state index contributed by atoms with van der Waals surface area (Å²) in [6.07, 6.45) is 1.51. The summed E-state index contributed by atoms with van der Waals surface area (Å²) in [4.78, 5) is 5.26. The molecule has 2 aromatic carbocycles. The number of ether oxygens (including phenoxy) is 2. The van der Waals surface area contributed by atoms with E-state index in [4.69, 9.17) is 9.47 Å². The predicted octanol–water partition coefficient (Wildman–Crippen LogP) is 4.00. The smallest absolute Gasteiger partial charge is 0.206 e. The van der Waals surface area contributed by atoms with Crippen molar-refractivity contribution in [1.29, 1.82) is 0 Å². The first-order valence-corrected chi connectivity index (χ1v) is 9.95. The number of nitrogens with zero attached hydrogens (tertiary/aromatic N) is 3. The summed E-state index contributed by atoms with van der Waals surface area (Å²) in [5.41, 5.74) is 2.98. The molecule has 1 heterocycles. The molecular formula is C22H23N3O4S. The van der Waals surface area contributed by atoms with E-state index < -0.39 is 0 Å². The molecular weight excluding hydrogens is 402 g/mol. The van der Waals surface area contributed by atoms with Gasteiger partial charge in [-0.2, -0.15) is 5.10 Å². The van der Waals surface area contributed by atoms with Crippen LogP contribution in [0.2, 0.25) is 0 Å². The standard InChI is InChI=1S/C22H23N3O4S/c1-14(2)11-23-22-25(24-12-15-5-6-16(26)9-20(15)27)19(13-30-22)18-8-7-17(28-3)10-21(18)29-4/h5-10,12-13,26-27H,1,11H2,2-4H3. The fourth-order valence-corrected chi connectivity index (χ4v) is 3.51. The van der Waals surface area contributed by atoms with E-state index in [1.165, 1.54) is 29.7 Å². The van der Waals surface area contributed by atoms with Crippen molar-refractivity contribution in [3.63, 3.8) is 0 Å². The molecule has 7 nitrogen and oxygen atoms in total. The zero-order chi connectivity index (χ0) is 21.7. The van der Waals surface area contributed by atoms with Gasteiger partial charge in [0.25, 0.3) is 0 Å². The normalized spacial score (nSPS) is 11.8. The molecule has 0 amide bonds. The van der Waals surface area contributed by atoms with Crippen molar-refractivity contribution in [3.05, 3.63) is 64.3 Å². The van der Waals surface area contributed by atoms with Gasteiger partial charge in [0.1, 0.15) is 23.0 Å². The molecule has 0 aliphatic carbocycles. The number of aromatic hydroxyl groups is 2. The second-order valence-corrected chi connectivity index (χ2v) is 7.38. The summed E-state index contributed by atoms with van der Waals surface area (Å²) in [5, 5.41) is 26.0. The molecule has 0 radical (unpaired) electrons. The van der Waals surface area contributed by atoms with E-state index in [0.717, 1.165) is 16.8 Å². The Balaban J connectivity index is 2.14. The van der Waals surface area contributed by atoms with Crippen LogP contribution in [0.25, 0.3) is 11.3 Å². The third kappa shape index (κ3) is 4.72. The lowest BCUT2D eigenvalue weighted by Crippen LogP contribution is -2.13. The number of hydrogen-bond acceptors (Lipinski definition) is 7. The quantitative estimate of drug-likeness (QED) is 0.442. The Labute approximate surface area is 178 Å². The first kappa shape index (κ1) is 21.2. The highest BCUT2D eigenvalue weighted by atomic mass is 32.1. The van der Waals surface area contributed by atoms with Crippen LogP contribution in [-0.2, 0) is 0 Å². The number of hydrogen-bond donors (Lipinski definition) is 2. The Morgan fingerprint density at radius 3 is 2.63 bits per heavy atom. The van der Waals surface area contributed by atoms with Crippen LogP contribution in [-0.4, -0.2) is 41.9 Å². The Bertz CT molecular complexity index is 1160. The van der Waals surface area contributed by atoms with E-state index in [9.17, 15) is 10.2 Å². The number of phenols is 2. The van der Waals surface area contributed by atoms with Crippen molar-refractivity contribution in [1.82, 2.24) is 4.68 Å². The van der Waals surface area contributed by atoms with Gasteiger partial charge in [0.05, 0.1) is 32.7 Å². The van der Waals surface area contributed by atoms with Crippen molar-refractivity contribution in [3.8, 4) is 34.3 Å². The topological polar surface area (TPSA) is 88.6 Å². The summed E-state index contributed by atoms with van der Waals surface area (Å²) in [6, 6.07) is 9.88. The summed E-state index contributed by atoms with van der Waals surface area (Å²) in [7, 11) is 3.20. The minimum Gasteiger partial charge on any atom is -0.508 e. The molecule has 3 aromatic rings. The Kier molecular flexibility index (Phi) is 6.58. The highest BCUT2D eigenvalue weighted by Crippen LogP contribution is 2.33. The van der Waals surface area contributed by atoms with E-state index >= 15 is 0 Å². The number of rotatable bonds is 7. The first-order valence-electron chi connectivity index (χ1n) is 9.07. The number of benzene rings is 2. The lowest BCUT2D eigenvalue weighted by atomic mass is 10.1. The number of methoxy groups -OCH3 is 2. The fraction of sp³-hybridized carbons (Fsp3) is 0.182. The molecule has 0 saturated carbocycles. The minimum atomic E-state index is -0.0708. The van der Waals surface area contributed by atoms with Gasteiger partial charge in [0.15, 0.2) is 0 Å². The van der Waals surface area contributed by atoms with Gasteiger partial charge in [-0.05, 0) is 31.2 Å². The molecule has 0 bridgehead atoms. The van der Waals surface area contributed by atoms with Crippen LogP contribution in [0.15, 0.2) is 64.0 Å². The molecule has 0 aliphatic heterocycles. The number of aromatic nitrogens is 1. The van der Waals surface area contributed by atoms with Gasteiger partial charge in [-0.25, -0.2) is 4.68 Å². The van der Waals surface area contributed by atoms with Gasteiger partial charge in [0, 0.05) is 28.6 Å². The average Bonchev–Trinajstić information content (AvgIpc) is 3.13. The lowest BCUT2D eigenvalue weighted by molar-refractivity contribution is 0.395. The van der Waals surface area contributed by atoms with Gasteiger partial charge < -0.3 is 19.7 Å². The molecule has 156 valence electrons. The van der Waals surface area contributed by atoms with E-state index in [1.54, 1.807) is 31.0 Å². The predicted molar refractivity (Wildman–Crippen MR) is 119 cm³/mol. The maximum absolute atomic E-state index is 10.1. The van der Waals surface area contributed by atoms with Crippen LogP contribution in [0.1, 0.15) is 12.5 Å². The van der Waals surface area contributed by atoms with E-state index in [2.05, 4.69) is 16.7 Å². The highest BCUT2D eigenvalue weighted by molar-refractivity contribution is 7.07. The second kappa shape index (κ2) is 9.32. The monoisotopic (exact) mass is 425 g/mol. The van der Waals surface area contributed by atoms with Crippen LogP contribution < -0.4 is 14.3 Å². The third-order valence-electron chi connectivity index (χ3n) is 4.18. The molecule has 8 heteroatoms. The van der Waals surface area contributed by atoms with Crippen molar-refractivity contribution in [2.45, 2.75) is 6.92 Å². The van der Waals surface area contributed by atoms with Crippen molar-refractivity contribution >= 4 is 17.6 Å². The van der Waals surface area contributed by atoms with E-state index in [0.29, 0.717) is 28.4 Å². The van der Waals surface area contributed by atoms with Gasteiger partial charge in [-0.3, -0.25) is 4.99 Å².